The smallest absolute Gasteiger partial charge is 0.410 e. The fourth-order valence-electron chi connectivity index (χ4n) is 3.87. The van der Waals surface area contributed by atoms with Gasteiger partial charge in [-0.05, 0) is 51.5 Å². The summed E-state index contributed by atoms with van der Waals surface area (Å²) in [6.45, 7) is 6.28. The van der Waals surface area contributed by atoms with Crippen LogP contribution in [0.5, 0.6) is 0 Å². The zero-order chi connectivity index (χ0) is 20.9. The van der Waals surface area contributed by atoms with Crippen molar-refractivity contribution in [2.24, 2.45) is 0 Å². The first-order valence-electron chi connectivity index (χ1n) is 9.55. The first-order valence-corrected chi connectivity index (χ1v) is 10.3. The fraction of sp³-hybridized carbons (Fsp3) is 0.429. The van der Waals surface area contributed by atoms with Crippen LogP contribution in [-0.2, 0) is 4.74 Å². The molecule has 1 N–H and O–H groups in total. The van der Waals surface area contributed by atoms with Crippen LogP contribution in [0.25, 0.3) is 21.9 Å². The number of pyridine rings is 1. The average molecular weight is 436 g/mol. The van der Waals surface area contributed by atoms with E-state index in [0.29, 0.717) is 35.2 Å². The highest BCUT2D eigenvalue weighted by atomic mass is 35.5. The van der Waals surface area contributed by atoms with E-state index in [1.165, 1.54) is 0 Å². The molecule has 1 aliphatic heterocycles. The Labute approximate surface area is 179 Å². The third kappa shape index (κ3) is 3.89. The van der Waals surface area contributed by atoms with E-state index in [1.807, 2.05) is 49.6 Å². The van der Waals surface area contributed by atoms with E-state index in [9.17, 15) is 9.90 Å². The molecule has 1 fully saturated rings. The highest BCUT2D eigenvalue weighted by Crippen LogP contribution is 2.36. The van der Waals surface area contributed by atoms with Gasteiger partial charge in [0.2, 0.25) is 0 Å². The molecule has 1 saturated heterocycles. The third-order valence-electron chi connectivity index (χ3n) is 5.10. The number of carbonyl (C=O) groups excluding carboxylic acids is 1. The van der Waals surface area contributed by atoms with Crippen molar-refractivity contribution in [3.05, 3.63) is 40.5 Å². The zero-order valence-electron chi connectivity index (χ0n) is 16.5. The molecule has 3 aromatic rings. The first kappa shape index (κ1) is 20.3. The highest BCUT2D eigenvalue weighted by molar-refractivity contribution is 6.33. The Balaban J connectivity index is 1.80. The van der Waals surface area contributed by atoms with Gasteiger partial charge in [0, 0.05) is 35.1 Å². The molecular weight excluding hydrogens is 413 g/mol. The maximum Gasteiger partial charge on any atom is 0.410 e. The molecule has 0 spiro atoms. The highest BCUT2D eigenvalue weighted by Gasteiger charge is 2.35. The maximum atomic E-state index is 12.6. The molecule has 2 aromatic heterocycles. The van der Waals surface area contributed by atoms with Gasteiger partial charge in [0.05, 0.1) is 22.7 Å². The van der Waals surface area contributed by atoms with Crippen LogP contribution in [0.2, 0.25) is 10.0 Å². The second kappa shape index (κ2) is 7.35. The molecule has 0 radical (unpaired) electrons. The standard InChI is InChI=1S/C21H23Cl2N3O3/c1-21(2,3)29-20(28)25-7-6-18(27)17(11-25)26-16-5-4-12(22)8-14(16)15-9-13(23)10-24-19(15)26/h4-5,8-10,17-18,27H,6-7,11H2,1-3H3/t17-,18-/m0/s1. The summed E-state index contributed by atoms with van der Waals surface area (Å²) in [5.41, 5.74) is 1.00. The average Bonchev–Trinajstić information content (AvgIpc) is 2.93. The number of hydrogen-bond acceptors (Lipinski definition) is 4. The van der Waals surface area contributed by atoms with Gasteiger partial charge in [-0.15, -0.1) is 0 Å². The van der Waals surface area contributed by atoms with Crippen LogP contribution in [-0.4, -0.2) is 50.4 Å². The van der Waals surface area contributed by atoms with Crippen LogP contribution in [0.1, 0.15) is 33.2 Å². The van der Waals surface area contributed by atoms with E-state index in [1.54, 1.807) is 11.1 Å². The number of piperidine rings is 1. The monoisotopic (exact) mass is 435 g/mol. The zero-order valence-corrected chi connectivity index (χ0v) is 18.0. The van der Waals surface area contributed by atoms with Crippen molar-refractivity contribution in [1.29, 1.82) is 0 Å². The Hall–Kier alpha value is -2.02. The van der Waals surface area contributed by atoms with E-state index in [-0.39, 0.29) is 12.1 Å². The summed E-state index contributed by atoms with van der Waals surface area (Å²) in [4.78, 5) is 18.8. The number of aliphatic hydroxyl groups excluding tert-OH is 1. The van der Waals surface area contributed by atoms with Crippen LogP contribution >= 0.6 is 23.2 Å². The number of nitrogens with zero attached hydrogens (tertiary/aromatic N) is 3. The van der Waals surface area contributed by atoms with Crippen LogP contribution in [0.15, 0.2) is 30.5 Å². The number of aliphatic hydroxyl groups is 1. The molecule has 1 aliphatic rings. The minimum atomic E-state index is -0.624. The number of fused-ring (bicyclic) bond motifs is 3. The van der Waals surface area contributed by atoms with Crippen molar-refractivity contribution in [3.8, 4) is 0 Å². The molecule has 0 unspecified atom stereocenters. The summed E-state index contributed by atoms with van der Waals surface area (Å²) >= 11 is 12.4. The summed E-state index contributed by atoms with van der Waals surface area (Å²) in [5.74, 6) is 0. The molecule has 0 bridgehead atoms. The van der Waals surface area contributed by atoms with Gasteiger partial charge < -0.3 is 19.3 Å². The van der Waals surface area contributed by atoms with E-state index in [0.717, 1.165) is 16.3 Å². The normalized spacial score (nSPS) is 20.4. The predicted octanol–water partition coefficient (Wildman–Crippen LogP) is 5.04. The quantitative estimate of drug-likeness (QED) is 0.581. The van der Waals surface area contributed by atoms with E-state index < -0.39 is 11.7 Å². The van der Waals surface area contributed by atoms with Crippen LogP contribution in [0.3, 0.4) is 0 Å². The van der Waals surface area contributed by atoms with Gasteiger partial charge in [0.15, 0.2) is 0 Å². The van der Waals surface area contributed by atoms with E-state index in [4.69, 9.17) is 27.9 Å². The van der Waals surface area contributed by atoms with Gasteiger partial charge in [0.1, 0.15) is 11.2 Å². The van der Waals surface area contributed by atoms with Gasteiger partial charge in [-0.25, -0.2) is 9.78 Å². The molecule has 0 saturated carbocycles. The van der Waals surface area contributed by atoms with Crippen molar-refractivity contribution in [2.75, 3.05) is 13.1 Å². The molecule has 6 nitrogen and oxygen atoms in total. The number of benzene rings is 1. The second-order valence-corrected chi connectivity index (χ2v) is 9.28. The maximum absolute atomic E-state index is 12.6. The number of ether oxygens (including phenoxy) is 1. The summed E-state index contributed by atoms with van der Waals surface area (Å²) in [6.07, 6.45) is 1.03. The van der Waals surface area contributed by atoms with Crippen molar-refractivity contribution < 1.29 is 14.6 Å². The largest absolute Gasteiger partial charge is 0.444 e. The fourth-order valence-corrected chi connectivity index (χ4v) is 4.20. The number of likely N-dealkylation sites (tertiary alicyclic amines) is 1. The lowest BCUT2D eigenvalue weighted by Gasteiger charge is -2.38. The summed E-state index contributed by atoms with van der Waals surface area (Å²) in [5, 5.41) is 13.7. The molecule has 0 aliphatic carbocycles. The van der Waals surface area contributed by atoms with Gasteiger partial charge >= 0.3 is 6.09 Å². The Morgan fingerprint density at radius 2 is 1.93 bits per heavy atom. The molecule has 1 aromatic carbocycles. The lowest BCUT2D eigenvalue weighted by Crippen LogP contribution is -2.48. The van der Waals surface area contributed by atoms with Crippen molar-refractivity contribution in [2.45, 2.75) is 44.9 Å². The third-order valence-corrected chi connectivity index (χ3v) is 5.54. The topological polar surface area (TPSA) is 67.6 Å². The van der Waals surface area contributed by atoms with Crippen LogP contribution < -0.4 is 0 Å². The molecule has 8 heteroatoms. The molecule has 1 amide bonds. The van der Waals surface area contributed by atoms with Crippen molar-refractivity contribution in [3.63, 3.8) is 0 Å². The molecule has 29 heavy (non-hydrogen) atoms. The number of rotatable bonds is 1. The van der Waals surface area contributed by atoms with Gasteiger partial charge in [-0.1, -0.05) is 23.2 Å². The molecule has 4 rings (SSSR count). The van der Waals surface area contributed by atoms with Gasteiger partial charge in [-0.3, -0.25) is 0 Å². The summed E-state index contributed by atoms with van der Waals surface area (Å²) in [7, 11) is 0. The summed E-state index contributed by atoms with van der Waals surface area (Å²) < 4.78 is 7.51. The Morgan fingerprint density at radius 3 is 2.66 bits per heavy atom. The van der Waals surface area contributed by atoms with Crippen molar-refractivity contribution in [1.82, 2.24) is 14.5 Å². The second-order valence-electron chi connectivity index (χ2n) is 8.41. The lowest BCUT2D eigenvalue weighted by atomic mass is 10.0. The Morgan fingerprint density at radius 1 is 1.21 bits per heavy atom. The minimum absolute atomic E-state index is 0.321. The molecule has 3 heterocycles. The number of amides is 1. The molecule has 2 atom stereocenters. The number of aromatic nitrogens is 2. The number of hydrogen-bond donors (Lipinski definition) is 1. The van der Waals surface area contributed by atoms with Crippen molar-refractivity contribution >= 4 is 51.2 Å². The van der Waals surface area contributed by atoms with Crippen LogP contribution in [0.4, 0.5) is 4.79 Å². The van der Waals surface area contributed by atoms with Gasteiger partial charge in [-0.2, -0.15) is 0 Å². The van der Waals surface area contributed by atoms with Crippen LogP contribution in [0, 0.1) is 0 Å². The first-order chi connectivity index (χ1) is 13.6. The Bertz CT molecular complexity index is 1030. The number of halogens is 2. The minimum Gasteiger partial charge on any atom is -0.444 e. The summed E-state index contributed by atoms with van der Waals surface area (Å²) in [6, 6.07) is 7.06. The van der Waals surface area contributed by atoms with Gasteiger partial charge in [0.25, 0.3) is 0 Å². The SMILES string of the molecule is CC(C)(C)OC(=O)N1CC[C@H](O)[C@@H](n2c3ccc(Cl)cc3c3cc(Cl)cnc32)C1. The number of carbonyl (C=O) groups is 1. The molecular formula is C21H23Cl2N3O3. The predicted molar refractivity (Wildman–Crippen MR) is 115 cm³/mol. The lowest BCUT2D eigenvalue weighted by molar-refractivity contribution is -0.00424. The van der Waals surface area contributed by atoms with E-state index in [2.05, 4.69) is 4.98 Å². The van der Waals surface area contributed by atoms with E-state index >= 15 is 0 Å². The Kier molecular flexibility index (Phi) is 5.13. The molecule has 154 valence electrons.